The number of oxazole rings is 1. The molecule has 0 atom stereocenters. The predicted molar refractivity (Wildman–Crippen MR) is 129 cm³/mol. The molecular weight excluding hydrogens is 436 g/mol. The Morgan fingerprint density at radius 2 is 1.94 bits per heavy atom. The number of para-hydroxylation sites is 1. The zero-order chi connectivity index (χ0) is 24.6. The van der Waals surface area contributed by atoms with Gasteiger partial charge in [0.15, 0.2) is 0 Å². The van der Waals surface area contributed by atoms with Crippen LogP contribution in [0.3, 0.4) is 0 Å². The van der Waals surface area contributed by atoms with E-state index in [1.807, 2.05) is 18.2 Å². The summed E-state index contributed by atoms with van der Waals surface area (Å²) in [6, 6.07) is 12.2. The second kappa shape index (κ2) is 8.51. The summed E-state index contributed by atoms with van der Waals surface area (Å²) in [7, 11) is 1.55. The van der Waals surface area contributed by atoms with Crippen LogP contribution in [0.2, 0.25) is 0 Å². The maximum Gasteiger partial charge on any atom is 0.332 e. The molecule has 0 saturated heterocycles. The normalized spacial score (nSPS) is 11.5. The quantitative estimate of drug-likeness (QED) is 0.452. The smallest absolute Gasteiger partial charge is 0.332 e. The molecule has 0 aliphatic rings. The van der Waals surface area contributed by atoms with E-state index in [1.165, 1.54) is 30.9 Å². The van der Waals surface area contributed by atoms with E-state index in [2.05, 4.69) is 11.6 Å². The van der Waals surface area contributed by atoms with Crippen LogP contribution >= 0.6 is 0 Å². The molecule has 0 saturated carbocycles. The van der Waals surface area contributed by atoms with Crippen molar-refractivity contribution in [3.8, 4) is 17.2 Å². The summed E-state index contributed by atoms with van der Waals surface area (Å²) >= 11 is 0. The SMILES string of the molecule is C=C(Cn1c(=O)n(C(C)(C)C(N)=O)c(=O)c2cc(-c3ncco3)ccc21)c1ccccc1OC. The first-order chi connectivity index (χ1) is 16.2. The van der Waals surface area contributed by atoms with Gasteiger partial charge in [0.25, 0.3) is 5.56 Å². The topological polar surface area (TPSA) is 122 Å². The van der Waals surface area contributed by atoms with Crippen LogP contribution in [0.1, 0.15) is 19.4 Å². The largest absolute Gasteiger partial charge is 0.496 e. The monoisotopic (exact) mass is 460 g/mol. The van der Waals surface area contributed by atoms with Crippen LogP contribution in [0.5, 0.6) is 5.75 Å². The van der Waals surface area contributed by atoms with Gasteiger partial charge in [0, 0.05) is 11.1 Å². The minimum Gasteiger partial charge on any atom is -0.496 e. The van der Waals surface area contributed by atoms with Gasteiger partial charge in [-0.1, -0.05) is 24.8 Å². The molecule has 34 heavy (non-hydrogen) atoms. The molecule has 0 unspecified atom stereocenters. The molecule has 0 fully saturated rings. The Morgan fingerprint density at radius 3 is 2.59 bits per heavy atom. The number of carbonyl (C=O) groups excluding carboxylic acids is 1. The lowest BCUT2D eigenvalue weighted by atomic mass is 10.0. The van der Waals surface area contributed by atoms with Crippen molar-refractivity contribution in [3.63, 3.8) is 0 Å². The molecule has 2 aromatic carbocycles. The molecule has 9 nitrogen and oxygen atoms in total. The first-order valence-corrected chi connectivity index (χ1v) is 10.5. The molecule has 0 aliphatic heterocycles. The number of carbonyl (C=O) groups is 1. The van der Waals surface area contributed by atoms with Gasteiger partial charge in [-0.25, -0.2) is 14.3 Å². The minimum atomic E-state index is -1.57. The zero-order valence-corrected chi connectivity index (χ0v) is 19.1. The van der Waals surface area contributed by atoms with Crippen molar-refractivity contribution < 1.29 is 13.9 Å². The van der Waals surface area contributed by atoms with Crippen molar-refractivity contribution in [1.82, 2.24) is 14.1 Å². The standard InChI is InChI=1S/C25H24N4O5/c1-15(17-7-5-6-8-20(17)33-4)14-28-19-10-9-16(21-27-11-12-34-21)13-18(19)22(30)29(24(28)32)25(2,3)23(26)31/h5-13H,1,14H2,2-4H3,(H2,26,31). The van der Waals surface area contributed by atoms with E-state index in [0.29, 0.717) is 33.9 Å². The number of rotatable bonds is 7. The molecule has 2 aromatic heterocycles. The van der Waals surface area contributed by atoms with E-state index >= 15 is 0 Å². The number of fused-ring (bicyclic) bond motifs is 1. The van der Waals surface area contributed by atoms with Gasteiger partial charge in [-0.15, -0.1) is 0 Å². The van der Waals surface area contributed by atoms with Crippen LogP contribution in [0.25, 0.3) is 27.9 Å². The van der Waals surface area contributed by atoms with Gasteiger partial charge in [-0.05, 0) is 43.7 Å². The zero-order valence-electron chi connectivity index (χ0n) is 19.1. The first kappa shape index (κ1) is 22.8. The number of amides is 1. The Labute approximate surface area is 194 Å². The third-order valence-electron chi connectivity index (χ3n) is 5.82. The number of aromatic nitrogens is 3. The molecule has 174 valence electrons. The van der Waals surface area contributed by atoms with Crippen LogP contribution in [0.4, 0.5) is 0 Å². The summed E-state index contributed by atoms with van der Waals surface area (Å²) in [4.78, 5) is 43.4. The lowest BCUT2D eigenvalue weighted by molar-refractivity contribution is -0.125. The maximum absolute atomic E-state index is 13.6. The molecule has 0 radical (unpaired) electrons. The number of methoxy groups -OCH3 is 1. The van der Waals surface area contributed by atoms with Crippen molar-refractivity contribution in [2.75, 3.05) is 7.11 Å². The molecule has 9 heteroatoms. The number of benzene rings is 2. The molecule has 0 aliphatic carbocycles. The minimum absolute atomic E-state index is 0.0448. The number of hydrogen-bond acceptors (Lipinski definition) is 6. The second-order valence-corrected chi connectivity index (χ2v) is 8.31. The number of allylic oxidation sites excluding steroid dienone is 1. The number of hydrogen-bond donors (Lipinski definition) is 1. The Balaban J connectivity index is 2.00. The molecule has 4 aromatic rings. The highest BCUT2D eigenvalue weighted by Crippen LogP contribution is 2.27. The number of ether oxygens (including phenoxy) is 1. The summed E-state index contributed by atoms with van der Waals surface area (Å²) in [5, 5.41) is 0.206. The molecule has 0 spiro atoms. The van der Waals surface area contributed by atoms with E-state index in [1.54, 1.807) is 31.4 Å². The number of primary amides is 1. The van der Waals surface area contributed by atoms with E-state index in [4.69, 9.17) is 14.9 Å². The summed E-state index contributed by atoms with van der Waals surface area (Å²) in [5.41, 5.74) is 4.89. The van der Waals surface area contributed by atoms with Gasteiger partial charge in [-0.3, -0.25) is 14.2 Å². The molecule has 1 amide bonds. The van der Waals surface area contributed by atoms with Gasteiger partial charge in [0.2, 0.25) is 11.8 Å². The van der Waals surface area contributed by atoms with Crippen molar-refractivity contribution in [2.45, 2.75) is 25.9 Å². The highest BCUT2D eigenvalue weighted by Gasteiger charge is 2.32. The first-order valence-electron chi connectivity index (χ1n) is 10.5. The third-order valence-corrected chi connectivity index (χ3v) is 5.82. The fourth-order valence-electron chi connectivity index (χ4n) is 3.84. The third kappa shape index (κ3) is 3.71. The van der Waals surface area contributed by atoms with Crippen LogP contribution < -0.4 is 21.7 Å². The Bertz CT molecular complexity index is 1530. The second-order valence-electron chi connectivity index (χ2n) is 8.31. The van der Waals surface area contributed by atoms with Crippen LogP contribution in [0.15, 0.2) is 75.5 Å². The fourth-order valence-corrected chi connectivity index (χ4v) is 3.84. The van der Waals surface area contributed by atoms with Gasteiger partial charge >= 0.3 is 5.69 Å². The maximum atomic E-state index is 13.6. The number of nitrogens with zero attached hydrogens (tertiary/aromatic N) is 3. The predicted octanol–water partition coefficient (Wildman–Crippen LogP) is 2.76. The lowest BCUT2D eigenvalue weighted by Crippen LogP contribution is -2.54. The van der Waals surface area contributed by atoms with Crippen molar-refractivity contribution >= 4 is 22.4 Å². The van der Waals surface area contributed by atoms with Crippen molar-refractivity contribution in [3.05, 3.63) is 87.9 Å². The average Bonchev–Trinajstić information content (AvgIpc) is 3.36. The van der Waals surface area contributed by atoms with Crippen LogP contribution in [-0.2, 0) is 16.9 Å². The highest BCUT2D eigenvalue weighted by atomic mass is 16.5. The highest BCUT2D eigenvalue weighted by molar-refractivity contribution is 5.85. The Morgan fingerprint density at radius 1 is 1.21 bits per heavy atom. The molecule has 4 rings (SSSR count). The number of nitrogens with two attached hydrogens (primary N) is 1. The molecule has 2 heterocycles. The van der Waals surface area contributed by atoms with E-state index in [0.717, 1.165) is 4.57 Å². The summed E-state index contributed by atoms with van der Waals surface area (Å²) in [5.74, 6) is 0.102. The molecular formula is C25H24N4O5. The Kier molecular flexibility index (Phi) is 5.70. The van der Waals surface area contributed by atoms with Gasteiger partial charge < -0.3 is 14.9 Å². The van der Waals surface area contributed by atoms with Crippen LogP contribution in [-0.4, -0.2) is 27.1 Å². The van der Waals surface area contributed by atoms with Gasteiger partial charge in [-0.2, -0.15) is 0 Å². The average molecular weight is 460 g/mol. The van der Waals surface area contributed by atoms with Crippen molar-refractivity contribution in [2.24, 2.45) is 5.73 Å². The van der Waals surface area contributed by atoms with Crippen molar-refractivity contribution in [1.29, 1.82) is 0 Å². The summed E-state index contributed by atoms with van der Waals surface area (Å²) in [6.07, 6.45) is 2.92. The fraction of sp³-hybridized carbons (Fsp3) is 0.200. The van der Waals surface area contributed by atoms with E-state index < -0.39 is 22.7 Å². The summed E-state index contributed by atoms with van der Waals surface area (Å²) < 4.78 is 13.1. The summed E-state index contributed by atoms with van der Waals surface area (Å²) in [6.45, 7) is 7.05. The molecule has 0 bridgehead atoms. The van der Waals surface area contributed by atoms with Gasteiger partial charge in [0.1, 0.15) is 17.6 Å². The van der Waals surface area contributed by atoms with Gasteiger partial charge in [0.05, 0.1) is 30.8 Å². The molecule has 2 N–H and O–H groups in total. The lowest BCUT2D eigenvalue weighted by Gasteiger charge is -2.25. The van der Waals surface area contributed by atoms with Crippen LogP contribution in [0, 0.1) is 0 Å². The van der Waals surface area contributed by atoms with E-state index in [-0.39, 0.29) is 11.9 Å². The Hall–Kier alpha value is -4.40. The van der Waals surface area contributed by atoms with E-state index in [9.17, 15) is 14.4 Å².